The van der Waals surface area contributed by atoms with E-state index in [9.17, 15) is 9.59 Å². The van der Waals surface area contributed by atoms with Gasteiger partial charge in [-0.25, -0.2) is 5.10 Å². The van der Waals surface area contributed by atoms with Crippen LogP contribution in [-0.2, 0) is 7.05 Å². The molecule has 2 rings (SSSR count). The van der Waals surface area contributed by atoms with Gasteiger partial charge in [-0.1, -0.05) is 12.2 Å². The first-order valence-electron chi connectivity index (χ1n) is 5.18. The maximum atomic E-state index is 11.9. The minimum absolute atomic E-state index is 0.0645. The van der Waals surface area contributed by atoms with Crippen LogP contribution in [-0.4, -0.2) is 30.9 Å². The van der Waals surface area contributed by atoms with Crippen LogP contribution >= 0.6 is 12.2 Å². The maximum Gasteiger partial charge on any atom is 0.277 e. The summed E-state index contributed by atoms with van der Waals surface area (Å²) < 4.78 is 1.43. The summed E-state index contributed by atoms with van der Waals surface area (Å²) in [6.45, 7) is 0. The Morgan fingerprint density at radius 3 is 2.84 bits per heavy atom. The molecular formula is C10H10N6O2S. The summed E-state index contributed by atoms with van der Waals surface area (Å²) >= 11 is 4.86. The molecule has 0 saturated carbocycles. The Kier molecular flexibility index (Phi) is 3.38. The largest absolute Gasteiger partial charge is 0.389 e. The second-order valence-electron chi connectivity index (χ2n) is 3.66. The van der Waals surface area contributed by atoms with Gasteiger partial charge in [0.25, 0.3) is 11.5 Å². The fourth-order valence-electron chi connectivity index (χ4n) is 1.41. The molecule has 0 spiro atoms. The SMILES string of the molecule is Cn1ncc(C(N)=S)c1NC(=O)c1ccc(=O)[nH]n1. The van der Waals surface area contributed by atoms with E-state index >= 15 is 0 Å². The monoisotopic (exact) mass is 278 g/mol. The molecule has 0 bridgehead atoms. The van der Waals surface area contributed by atoms with Crippen molar-refractivity contribution in [2.75, 3.05) is 5.32 Å². The van der Waals surface area contributed by atoms with Gasteiger partial charge in [0.1, 0.15) is 16.5 Å². The molecule has 0 aromatic carbocycles. The van der Waals surface area contributed by atoms with Crippen molar-refractivity contribution >= 4 is 28.9 Å². The van der Waals surface area contributed by atoms with Gasteiger partial charge in [0, 0.05) is 13.1 Å². The summed E-state index contributed by atoms with van der Waals surface area (Å²) in [5, 5.41) is 12.3. The Balaban J connectivity index is 2.28. The van der Waals surface area contributed by atoms with Crippen molar-refractivity contribution in [3.63, 3.8) is 0 Å². The van der Waals surface area contributed by atoms with Gasteiger partial charge in [-0.3, -0.25) is 14.3 Å². The molecule has 0 fully saturated rings. The summed E-state index contributed by atoms with van der Waals surface area (Å²) in [5.74, 6) is -0.136. The van der Waals surface area contributed by atoms with Crippen molar-refractivity contribution in [1.29, 1.82) is 0 Å². The van der Waals surface area contributed by atoms with Gasteiger partial charge < -0.3 is 11.1 Å². The van der Waals surface area contributed by atoms with Gasteiger partial charge in [0.2, 0.25) is 0 Å². The van der Waals surface area contributed by atoms with Crippen molar-refractivity contribution in [2.45, 2.75) is 0 Å². The number of nitrogens with two attached hydrogens (primary N) is 1. The van der Waals surface area contributed by atoms with Crippen LogP contribution in [0.25, 0.3) is 0 Å². The molecule has 2 aromatic rings. The number of rotatable bonds is 3. The molecule has 98 valence electrons. The van der Waals surface area contributed by atoms with Crippen LogP contribution in [0.2, 0.25) is 0 Å². The summed E-state index contributed by atoms with van der Waals surface area (Å²) in [4.78, 5) is 22.9. The zero-order valence-corrected chi connectivity index (χ0v) is 10.7. The van der Waals surface area contributed by atoms with Crippen LogP contribution in [0.1, 0.15) is 16.1 Å². The molecule has 0 saturated heterocycles. The Labute approximate surface area is 112 Å². The fraction of sp³-hybridized carbons (Fsp3) is 0.100. The molecule has 19 heavy (non-hydrogen) atoms. The molecule has 8 nitrogen and oxygen atoms in total. The number of aromatic amines is 1. The van der Waals surface area contributed by atoms with E-state index in [0.717, 1.165) is 0 Å². The molecule has 1 amide bonds. The molecule has 0 atom stereocenters. The molecule has 0 radical (unpaired) electrons. The number of hydrogen-bond acceptors (Lipinski definition) is 5. The third kappa shape index (κ3) is 2.65. The number of amides is 1. The Hall–Kier alpha value is -2.55. The van der Waals surface area contributed by atoms with Gasteiger partial charge in [0.05, 0.1) is 11.8 Å². The number of anilines is 1. The van der Waals surface area contributed by atoms with Crippen LogP contribution in [0.5, 0.6) is 0 Å². The molecule has 0 aliphatic rings. The highest BCUT2D eigenvalue weighted by Crippen LogP contribution is 2.14. The van der Waals surface area contributed by atoms with Crippen LogP contribution < -0.4 is 16.6 Å². The first kappa shape index (κ1) is 12.9. The van der Waals surface area contributed by atoms with Crippen LogP contribution in [0.15, 0.2) is 23.1 Å². The first-order valence-corrected chi connectivity index (χ1v) is 5.58. The highest BCUT2D eigenvalue weighted by molar-refractivity contribution is 7.80. The van der Waals surface area contributed by atoms with Crippen molar-refractivity contribution in [3.8, 4) is 0 Å². The zero-order valence-electron chi connectivity index (χ0n) is 9.88. The molecular weight excluding hydrogens is 268 g/mol. The summed E-state index contributed by atoms with van der Waals surface area (Å²) in [5.41, 5.74) is 5.66. The lowest BCUT2D eigenvalue weighted by Gasteiger charge is -2.06. The predicted octanol–water partition coefficient (Wildman–Crippen LogP) is -0.610. The van der Waals surface area contributed by atoms with E-state index in [1.54, 1.807) is 7.05 Å². The number of aryl methyl sites for hydroxylation is 1. The molecule has 0 aliphatic heterocycles. The van der Waals surface area contributed by atoms with Crippen LogP contribution in [0.4, 0.5) is 5.82 Å². The quantitative estimate of drug-likeness (QED) is 0.644. The number of aromatic nitrogens is 4. The molecule has 0 aliphatic carbocycles. The smallest absolute Gasteiger partial charge is 0.277 e. The van der Waals surface area contributed by atoms with Crippen LogP contribution in [0.3, 0.4) is 0 Å². The lowest BCUT2D eigenvalue weighted by molar-refractivity contribution is 0.102. The molecule has 4 N–H and O–H groups in total. The minimum atomic E-state index is -0.502. The van der Waals surface area contributed by atoms with Gasteiger partial charge in [-0.05, 0) is 6.07 Å². The van der Waals surface area contributed by atoms with Crippen molar-refractivity contribution in [2.24, 2.45) is 12.8 Å². The molecule has 0 unspecified atom stereocenters. The van der Waals surface area contributed by atoms with E-state index in [-0.39, 0.29) is 16.2 Å². The highest BCUT2D eigenvalue weighted by atomic mass is 32.1. The maximum absolute atomic E-state index is 11.9. The summed E-state index contributed by atoms with van der Waals surface area (Å²) in [6.07, 6.45) is 1.46. The molecule has 2 aromatic heterocycles. The van der Waals surface area contributed by atoms with Crippen molar-refractivity contribution < 1.29 is 4.79 Å². The summed E-state index contributed by atoms with van der Waals surface area (Å²) in [6, 6.07) is 2.52. The lowest BCUT2D eigenvalue weighted by atomic mass is 10.3. The predicted molar refractivity (Wildman–Crippen MR) is 71.9 cm³/mol. The first-order chi connectivity index (χ1) is 8.99. The normalized spacial score (nSPS) is 10.2. The molecule has 2 heterocycles. The standard InChI is InChI=1S/C10H10N6O2S/c1-16-9(5(4-12-16)8(11)19)13-10(18)6-2-3-7(17)15-14-6/h2-4H,1H3,(H2,11,19)(H,13,18)(H,15,17). The number of hydrogen-bond donors (Lipinski definition) is 3. The zero-order chi connectivity index (χ0) is 14.0. The van der Waals surface area contributed by atoms with E-state index in [1.165, 1.54) is 23.0 Å². The van der Waals surface area contributed by atoms with Gasteiger partial charge >= 0.3 is 0 Å². The average Bonchev–Trinajstić information content (AvgIpc) is 2.72. The Bertz CT molecular complexity index is 684. The fourth-order valence-corrected chi connectivity index (χ4v) is 1.56. The van der Waals surface area contributed by atoms with Gasteiger partial charge in [-0.15, -0.1) is 0 Å². The second-order valence-corrected chi connectivity index (χ2v) is 4.10. The van der Waals surface area contributed by atoms with Crippen LogP contribution in [0, 0.1) is 0 Å². The third-order valence-corrected chi connectivity index (χ3v) is 2.57. The molecule has 9 heteroatoms. The van der Waals surface area contributed by atoms with Gasteiger partial charge in [-0.2, -0.15) is 10.2 Å². The van der Waals surface area contributed by atoms with E-state index in [2.05, 4.69) is 20.6 Å². The number of carbonyl (C=O) groups excluding carboxylic acids is 1. The third-order valence-electron chi connectivity index (χ3n) is 2.35. The highest BCUT2D eigenvalue weighted by Gasteiger charge is 2.15. The van der Waals surface area contributed by atoms with E-state index in [0.29, 0.717) is 11.4 Å². The number of nitrogens with zero attached hydrogens (tertiary/aromatic N) is 3. The van der Waals surface area contributed by atoms with E-state index in [1.807, 2.05) is 0 Å². The van der Waals surface area contributed by atoms with E-state index in [4.69, 9.17) is 18.0 Å². The number of carbonyl (C=O) groups is 1. The minimum Gasteiger partial charge on any atom is -0.389 e. The summed E-state index contributed by atoms with van der Waals surface area (Å²) in [7, 11) is 1.64. The van der Waals surface area contributed by atoms with E-state index < -0.39 is 5.91 Å². The lowest BCUT2D eigenvalue weighted by Crippen LogP contribution is -2.21. The second kappa shape index (κ2) is 4.98. The van der Waals surface area contributed by atoms with Crippen molar-refractivity contribution in [1.82, 2.24) is 20.0 Å². The van der Waals surface area contributed by atoms with Gasteiger partial charge in [0.15, 0.2) is 0 Å². The number of H-pyrrole nitrogens is 1. The number of nitrogens with one attached hydrogen (secondary N) is 2. The topological polar surface area (TPSA) is 119 Å². The Morgan fingerprint density at radius 2 is 2.26 bits per heavy atom. The average molecular weight is 278 g/mol. The Morgan fingerprint density at radius 1 is 1.53 bits per heavy atom. The number of thiocarbonyl (C=S) groups is 1. The van der Waals surface area contributed by atoms with Crippen molar-refractivity contribution in [3.05, 3.63) is 39.9 Å².